The van der Waals surface area contributed by atoms with Gasteiger partial charge in [0.25, 0.3) is 10.2 Å². The van der Waals surface area contributed by atoms with Crippen molar-refractivity contribution in [1.29, 1.82) is 0 Å². The van der Waals surface area contributed by atoms with Crippen LogP contribution in [0.4, 0.5) is 0 Å². The zero-order valence-corrected chi connectivity index (χ0v) is 11.6. The molecule has 106 valence electrons. The van der Waals surface area contributed by atoms with Crippen LogP contribution in [-0.4, -0.2) is 68.1 Å². The van der Waals surface area contributed by atoms with Crippen molar-refractivity contribution in [3.63, 3.8) is 0 Å². The summed E-state index contributed by atoms with van der Waals surface area (Å²) in [7, 11) is -1.76. The van der Waals surface area contributed by atoms with Crippen molar-refractivity contribution in [2.75, 3.05) is 39.9 Å². The van der Waals surface area contributed by atoms with E-state index in [4.69, 9.17) is 9.84 Å². The maximum absolute atomic E-state index is 12.4. The van der Waals surface area contributed by atoms with Crippen LogP contribution in [0.25, 0.3) is 0 Å². The molecule has 6 nitrogen and oxygen atoms in total. The molecule has 0 aromatic rings. The van der Waals surface area contributed by atoms with E-state index in [2.05, 4.69) is 0 Å². The van der Waals surface area contributed by atoms with Crippen molar-refractivity contribution in [2.45, 2.75) is 25.4 Å². The van der Waals surface area contributed by atoms with E-state index in [1.807, 2.05) is 0 Å². The fraction of sp³-hybridized carbons (Fsp3) is 1.00. The van der Waals surface area contributed by atoms with Crippen LogP contribution >= 0.6 is 0 Å². The number of ether oxygens (including phenoxy) is 1. The average molecular weight is 278 g/mol. The Morgan fingerprint density at radius 1 is 1.22 bits per heavy atom. The Balaban J connectivity index is 2.02. The Morgan fingerprint density at radius 3 is 2.56 bits per heavy atom. The van der Waals surface area contributed by atoms with Gasteiger partial charge in [-0.05, 0) is 25.2 Å². The molecule has 0 aliphatic carbocycles. The topological polar surface area (TPSA) is 70.1 Å². The van der Waals surface area contributed by atoms with E-state index in [1.54, 1.807) is 7.11 Å². The molecule has 2 fully saturated rings. The van der Waals surface area contributed by atoms with Crippen molar-refractivity contribution < 1.29 is 18.3 Å². The lowest BCUT2D eigenvalue weighted by Crippen LogP contribution is -2.48. The molecule has 0 aromatic heterocycles. The maximum Gasteiger partial charge on any atom is 0.282 e. The fourth-order valence-corrected chi connectivity index (χ4v) is 4.42. The van der Waals surface area contributed by atoms with Crippen LogP contribution in [0.1, 0.15) is 19.3 Å². The standard InChI is InChI=1S/C11H22N2O4S/c1-17-11-4-6-13(8-11)18(15,16)12-5-2-3-10(7-12)9-14/h10-11,14H,2-9H2,1H3. The number of hydrogen-bond donors (Lipinski definition) is 1. The molecular formula is C11H22N2O4S. The van der Waals surface area contributed by atoms with Gasteiger partial charge in [-0.1, -0.05) is 0 Å². The zero-order chi connectivity index (χ0) is 13.2. The molecule has 0 amide bonds. The fourth-order valence-electron chi connectivity index (χ4n) is 2.65. The summed E-state index contributed by atoms with van der Waals surface area (Å²) in [5.41, 5.74) is 0. The Kier molecular flexibility index (Phi) is 4.60. The predicted octanol–water partition coefficient (Wildman–Crippen LogP) is -0.344. The number of aliphatic hydroxyl groups excluding tert-OH is 1. The van der Waals surface area contributed by atoms with Gasteiger partial charge in [0.2, 0.25) is 0 Å². The first-order valence-corrected chi connectivity index (χ1v) is 7.86. The summed E-state index contributed by atoms with van der Waals surface area (Å²) in [6, 6.07) is 0. The summed E-state index contributed by atoms with van der Waals surface area (Å²) in [5.74, 6) is 0.0781. The molecule has 7 heteroatoms. The Labute approximate surface area is 109 Å². The van der Waals surface area contributed by atoms with E-state index in [0.717, 1.165) is 19.3 Å². The summed E-state index contributed by atoms with van der Waals surface area (Å²) in [5, 5.41) is 9.16. The number of rotatable bonds is 4. The molecule has 0 bridgehead atoms. The summed E-state index contributed by atoms with van der Waals surface area (Å²) < 4.78 is 33.1. The monoisotopic (exact) mass is 278 g/mol. The van der Waals surface area contributed by atoms with Crippen molar-refractivity contribution in [3.05, 3.63) is 0 Å². The van der Waals surface area contributed by atoms with E-state index in [9.17, 15) is 8.42 Å². The zero-order valence-electron chi connectivity index (χ0n) is 10.8. The second-order valence-corrected chi connectivity index (χ2v) is 6.99. The van der Waals surface area contributed by atoms with Gasteiger partial charge in [0.15, 0.2) is 0 Å². The highest BCUT2D eigenvalue weighted by molar-refractivity contribution is 7.86. The third-order valence-corrected chi connectivity index (χ3v) is 5.80. The van der Waals surface area contributed by atoms with Crippen LogP contribution in [0.2, 0.25) is 0 Å². The lowest BCUT2D eigenvalue weighted by atomic mass is 10.0. The molecule has 0 saturated carbocycles. The van der Waals surface area contributed by atoms with E-state index in [0.29, 0.717) is 26.2 Å². The molecule has 2 rings (SSSR count). The van der Waals surface area contributed by atoms with E-state index < -0.39 is 10.2 Å². The normalized spacial score (nSPS) is 31.9. The van der Waals surface area contributed by atoms with E-state index >= 15 is 0 Å². The highest BCUT2D eigenvalue weighted by atomic mass is 32.2. The van der Waals surface area contributed by atoms with E-state index in [-0.39, 0.29) is 18.6 Å². The van der Waals surface area contributed by atoms with Gasteiger partial charge >= 0.3 is 0 Å². The molecule has 1 N–H and O–H groups in total. The van der Waals surface area contributed by atoms with Crippen molar-refractivity contribution in [3.8, 4) is 0 Å². The smallest absolute Gasteiger partial charge is 0.282 e. The van der Waals surface area contributed by atoms with Crippen LogP contribution in [0.5, 0.6) is 0 Å². The summed E-state index contributed by atoms with van der Waals surface area (Å²) in [4.78, 5) is 0. The van der Waals surface area contributed by atoms with Gasteiger partial charge in [-0.15, -0.1) is 0 Å². The minimum absolute atomic E-state index is 0.0122. The number of methoxy groups -OCH3 is 1. The Hall–Kier alpha value is -0.210. The number of aliphatic hydroxyl groups is 1. The van der Waals surface area contributed by atoms with Crippen molar-refractivity contribution in [1.82, 2.24) is 8.61 Å². The van der Waals surface area contributed by atoms with Crippen LogP contribution in [0.3, 0.4) is 0 Å². The molecule has 2 heterocycles. The number of hydrogen-bond acceptors (Lipinski definition) is 4. The molecule has 2 saturated heterocycles. The van der Waals surface area contributed by atoms with Crippen LogP contribution in [0, 0.1) is 5.92 Å². The molecule has 2 unspecified atom stereocenters. The average Bonchev–Trinajstić information content (AvgIpc) is 2.88. The second kappa shape index (κ2) is 5.83. The van der Waals surface area contributed by atoms with Crippen molar-refractivity contribution in [2.24, 2.45) is 5.92 Å². The largest absolute Gasteiger partial charge is 0.396 e. The molecule has 0 radical (unpaired) electrons. The molecule has 0 spiro atoms. The maximum atomic E-state index is 12.4. The predicted molar refractivity (Wildman–Crippen MR) is 67.3 cm³/mol. The van der Waals surface area contributed by atoms with Crippen molar-refractivity contribution >= 4 is 10.2 Å². The number of nitrogens with zero attached hydrogens (tertiary/aromatic N) is 2. The first-order chi connectivity index (χ1) is 8.57. The molecular weight excluding hydrogens is 256 g/mol. The van der Waals surface area contributed by atoms with Crippen LogP contribution in [0.15, 0.2) is 0 Å². The SMILES string of the molecule is COC1CCN(S(=O)(=O)N2CCCC(CO)C2)C1. The molecule has 2 aliphatic heterocycles. The van der Waals surface area contributed by atoms with Gasteiger partial charge in [0.1, 0.15) is 0 Å². The quantitative estimate of drug-likeness (QED) is 0.763. The molecule has 18 heavy (non-hydrogen) atoms. The summed E-state index contributed by atoms with van der Waals surface area (Å²) in [6.45, 7) is 2.03. The Bertz CT molecular complexity index is 373. The van der Waals surface area contributed by atoms with Gasteiger partial charge in [0, 0.05) is 39.9 Å². The molecule has 0 aromatic carbocycles. The third kappa shape index (κ3) is 2.85. The molecule has 2 atom stereocenters. The number of piperidine rings is 1. The van der Waals surface area contributed by atoms with E-state index in [1.165, 1.54) is 8.61 Å². The minimum atomic E-state index is -3.37. The second-order valence-electron chi connectivity index (χ2n) is 5.06. The first-order valence-electron chi connectivity index (χ1n) is 6.46. The Morgan fingerprint density at radius 2 is 1.94 bits per heavy atom. The summed E-state index contributed by atoms with van der Waals surface area (Å²) in [6.07, 6.45) is 2.50. The van der Waals surface area contributed by atoms with Gasteiger partial charge in [0.05, 0.1) is 6.10 Å². The van der Waals surface area contributed by atoms with Gasteiger partial charge in [-0.25, -0.2) is 0 Å². The molecule has 2 aliphatic rings. The highest BCUT2D eigenvalue weighted by Crippen LogP contribution is 2.24. The highest BCUT2D eigenvalue weighted by Gasteiger charge is 2.37. The van der Waals surface area contributed by atoms with Gasteiger partial charge < -0.3 is 9.84 Å². The lowest BCUT2D eigenvalue weighted by Gasteiger charge is -2.33. The summed E-state index contributed by atoms with van der Waals surface area (Å²) >= 11 is 0. The van der Waals surface area contributed by atoms with Crippen LogP contribution in [-0.2, 0) is 14.9 Å². The third-order valence-electron chi connectivity index (χ3n) is 3.83. The lowest BCUT2D eigenvalue weighted by molar-refractivity contribution is 0.113. The van der Waals surface area contributed by atoms with Gasteiger partial charge in [-0.2, -0.15) is 17.0 Å². The van der Waals surface area contributed by atoms with Crippen LogP contribution < -0.4 is 0 Å². The minimum Gasteiger partial charge on any atom is -0.396 e. The van der Waals surface area contributed by atoms with Gasteiger partial charge in [-0.3, -0.25) is 0 Å². The first kappa shape index (κ1) is 14.2.